The molecule has 2 rings (SSSR count). The summed E-state index contributed by atoms with van der Waals surface area (Å²) in [6, 6.07) is 11.1. The Hall–Kier alpha value is -2.16. The summed E-state index contributed by atoms with van der Waals surface area (Å²) < 4.78 is 1.98. The van der Waals surface area contributed by atoms with Gasteiger partial charge in [-0.3, -0.25) is 4.99 Å². The van der Waals surface area contributed by atoms with Crippen LogP contribution in [0.15, 0.2) is 53.8 Å². The Morgan fingerprint density at radius 1 is 1.12 bits per heavy atom. The molecule has 0 fully saturated rings. The van der Waals surface area contributed by atoms with Crippen LogP contribution < -0.4 is 4.57 Å². The number of aromatic hydroxyl groups is 1. The van der Waals surface area contributed by atoms with Gasteiger partial charge in [0, 0.05) is 23.9 Å². The Kier molecular flexibility index (Phi) is 3.50. The van der Waals surface area contributed by atoms with Gasteiger partial charge in [0.2, 0.25) is 0 Å². The third-order valence-corrected chi connectivity index (χ3v) is 2.45. The average Bonchev–Trinajstić information content (AvgIpc) is 2.34. The van der Waals surface area contributed by atoms with Crippen LogP contribution in [0, 0.1) is 0 Å². The highest BCUT2D eigenvalue weighted by Gasteiger charge is 1.93. The molecule has 1 N–H and O–H groups in total. The first-order valence-electron chi connectivity index (χ1n) is 5.47. The molecule has 3 heteroatoms. The van der Waals surface area contributed by atoms with Crippen LogP contribution in [-0.4, -0.2) is 11.3 Å². The van der Waals surface area contributed by atoms with E-state index in [1.807, 2.05) is 54.5 Å². The summed E-state index contributed by atoms with van der Waals surface area (Å²) in [6.45, 7) is 0.626. The molecule has 0 bridgehead atoms. The van der Waals surface area contributed by atoms with Crippen molar-refractivity contribution in [1.82, 2.24) is 0 Å². The Morgan fingerprint density at radius 2 is 1.76 bits per heavy atom. The third-order valence-electron chi connectivity index (χ3n) is 2.45. The average molecular weight is 227 g/mol. The van der Waals surface area contributed by atoms with Crippen LogP contribution in [-0.2, 0) is 13.6 Å². The summed E-state index contributed by atoms with van der Waals surface area (Å²) in [5.41, 5.74) is 2.17. The number of aliphatic imine (C=N–C) groups is 1. The SMILES string of the molecule is C[n+]1ccc(C=NCc2ccc(O)cc2)cc1. The second-order valence-corrected chi connectivity index (χ2v) is 3.93. The summed E-state index contributed by atoms with van der Waals surface area (Å²) in [5.74, 6) is 0.285. The number of hydrogen-bond donors (Lipinski definition) is 1. The number of benzene rings is 1. The fourth-order valence-electron chi connectivity index (χ4n) is 1.46. The van der Waals surface area contributed by atoms with Crippen LogP contribution in [0.2, 0.25) is 0 Å². The summed E-state index contributed by atoms with van der Waals surface area (Å²) in [7, 11) is 1.98. The highest BCUT2D eigenvalue weighted by Crippen LogP contribution is 2.10. The minimum absolute atomic E-state index is 0.285. The molecule has 0 aliphatic rings. The summed E-state index contributed by atoms with van der Waals surface area (Å²) in [4.78, 5) is 4.36. The first kappa shape index (κ1) is 11.3. The van der Waals surface area contributed by atoms with E-state index in [0.717, 1.165) is 11.1 Å². The van der Waals surface area contributed by atoms with E-state index in [1.54, 1.807) is 12.1 Å². The van der Waals surface area contributed by atoms with E-state index in [0.29, 0.717) is 6.54 Å². The fraction of sp³-hybridized carbons (Fsp3) is 0.143. The number of phenolic OH excluding ortho intramolecular Hbond substituents is 1. The predicted molar refractivity (Wildman–Crippen MR) is 67.0 cm³/mol. The molecule has 0 atom stereocenters. The summed E-state index contributed by atoms with van der Waals surface area (Å²) in [6.07, 6.45) is 5.83. The van der Waals surface area contributed by atoms with E-state index in [9.17, 15) is 0 Å². The Bertz CT molecular complexity index is 501. The van der Waals surface area contributed by atoms with Gasteiger partial charge < -0.3 is 5.11 Å². The Balaban J connectivity index is 1.97. The normalized spacial score (nSPS) is 10.9. The number of pyridine rings is 1. The lowest BCUT2D eigenvalue weighted by atomic mass is 10.2. The van der Waals surface area contributed by atoms with E-state index in [1.165, 1.54) is 0 Å². The molecule has 0 spiro atoms. The lowest BCUT2D eigenvalue weighted by Gasteiger charge is -1.96. The Labute approximate surface area is 101 Å². The zero-order chi connectivity index (χ0) is 12.1. The molecule has 1 heterocycles. The molecule has 86 valence electrons. The molecule has 0 aliphatic heterocycles. The van der Waals surface area contributed by atoms with Crippen LogP contribution in [0.25, 0.3) is 0 Å². The molecule has 0 radical (unpaired) electrons. The van der Waals surface area contributed by atoms with Gasteiger partial charge in [0.05, 0.1) is 6.54 Å². The quantitative estimate of drug-likeness (QED) is 0.630. The van der Waals surface area contributed by atoms with E-state index >= 15 is 0 Å². The first-order chi connectivity index (χ1) is 8.24. The first-order valence-corrected chi connectivity index (χ1v) is 5.47. The van der Waals surface area contributed by atoms with Crippen molar-refractivity contribution in [2.45, 2.75) is 6.54 Å². The van der Waals surface area contributed by atoms with E-state index in [-0.39, 0.29) is 5.75 Å². The molecule has 0 saturated carbocycles. The van der Waals surface area contributed by atoms with Crippen molar-refractivity contribution in [3.05, 3.63) is 59.9 Å². The second-order valence-electron chi connectivity index (χ2n) is 3.93. The van der Waals surface area contributed by atoms with Gasteiger partial charge in [0.15, 0.2) is 12.4 Å². The van der Waals surface area contributed by atoms with Gasteiger partial charge in [0.1, 0.15) is 12.8 Å². The zero-order valence-electron chi connectivity index (χ0n) is 9.74. The highest BCUT2D eigenvalue weighted by molar-refractivity contribution is 5.78. The fourth-order valence-corrected chi connectivity index (χ4v) is 1.46. The molecule has 0 amide bonds. The van der Waals surface area contributed by atoms with Crippen molar-refractivity contribution in [2.24, 2.45) is 12.0 Å². The highest BCUT2D eigenvalue weighted by atomic mass is 16.3. The largest absolute Gasteiger partial charge is 0.508 e. The van der Waals surface area contributed by atoms with Crippen LogP contribution in [0.3, 0.4) is 0 Å². The van der Waals surface area contributed by atoms with Crippen LogP contribution >= 0.6 is 0 Å². The van der Waals surface area contributed by atoms with E-state index in [4.69, 9.17) is 5.11 Å². The molecule has 2 aromatic rings. The maximum Gasteiger partial charge on any atom is 0.169 e. The van der Waals surface area contributed by atoms with Crippen molar-refractivity contribution in [2.75, 3.05) is 0 Å². The molecule has 1 aromatic carbocycles. The van der Waals surface area contributed by atoms with Gasteiger partial charge >= 0.3 is 0 Å². The van der Waals surface area contributed by atoms with Gasteiger partial charge in [-0.2, -0.15) is 0 Å². The number of phenols is 1. The van der Waals surface area contributed by atoms with Crippen molar-refractivity contribution in [3.63, 3.8) is 0 Å². The standard InChI is InChI=1S/C14H14N2O/c1-16-8-6-13(7-9-16)11-15-10-12-2-4-14(17)5-3-12/h2-9,11H,10H2,1H3/p+1. The van der Waals surface area contributed by atoms with Crippen LogP contribution in [0.1, 0.15) is 11.1 Å². The monoisotopic (exact) mass is 227 g/mol. The van der Waals surface area contributed by atoms with Crippen molar-refractivity contribution in [3.8, 4) is 5.75 Å². The van der Waals surface area contributed by atoms with Gasteiger partial charge in [-0.15, -0.1) is 0 Å². The third kappa shape index (κ3) is 3.41. The van der Waals surface area contributed by atoms with Crippen LogP contribution in [0.5, 0.6) is 5.75 Å². The number of aryl methyl sites for hydroxylation is 1. The molecule has 0 aliphatic carbocycles. The number of nitrogens with zero attached hydrogens (tertiary/aromatic N) is 2. The lowest BCUT2D eigenvalue weighted by Crippen LogP contribution is -2.25. The van der Waals surface area contributed by atoms with Crippen molar-refractivity contribution >= 4 is 6.21 Å². The van der Waals surface area contributed by atoms with Gasteiger partial charge in [0.25, 0.3) is 0 Å². The van der Waals surface area contributed by atoms with Crippen LogP contribution in [0.4, 0.5) is 0 Å². The molecule has 3 nitrogen and oxygen atoms in total. The second kappa shape index (κ2) is 5.25. The summed E-state index contributed by atoms with van der Waals surface area (Å²) >= 11 is 0. The molecule has 17 heavy (non-hydrogen) atoms. The Morgan fingerprint density at radius 3 is 2.41 bits per heavy atom. The zero-order valence-corrected chi connectivity index (χ0v) is 9.74. The minimum Gasteiger partial charge on any atom is -0.508 e. The smallest absolute Gasteiger partial charge is 0.169 e. The summed E-state index contributed by atoms with van der Waals surface area (Å²) in [5, 5.41) is 9.15. The lowest BCUT2D eigenvalue weighted by molar-refractivity contribution is -0.671. The van der Waals surface area contributed by atoms with Gasteiger partial charge in [-0.05, 0) is 17.7 Å². The number of rotatable bonds is 3. The van der Waals surface area contributed by atoms with Crippen molar-refractivity contribution < 1.29 is 9.67 Å². The number of aromatic nitrogens is 1. The molecular weight excluding hydrogens is 212 g/mol. The van der Waals surface area contributed by atoms with Gasteiger partial charge in [-0.1, -0.05) is 12.1 Å². The van der Waals surface area contributed by atoms with Gasteiger partial charge in [-0.25, -0.2) is 4.57 Å². The number of hydrogen-bond acceptors (Lipinski definition) is 2. The molecule has 1 aromatic heterocycles. The predicted octanol–water partition coefficient (Wildman–Crippen LogP) is 1.84. The minimum atomic E-state index is 0.285. The maximum absolute atomic E-state index is 9.15. The van der Waals surface area contributed by atoms with E-state index < -0.39 is 0 Å². The molecular formula is C14H15N2O+. The van der Waals surface area contributed by atoms with E-state index in [2.05, 4.69) is 4.99 Å². The van der Waals surface area contributed by atoms with Crippen molar-refractivity contribution in [1.29, 1.82) is 0 Å². The molecule has 0 unspecified atom stereocenters. The maximum atomic E-state index is 9.15. The molecule has 0 saturated heterocycles. The topological polar surface area (TPSA) is 36.5 Å².